The number of amides is 2. The highest BCUT2D eigenvalue weighted by atomic mass is 16.5. The van der Waals surface area contributed by atoms with Crippen molar-refractivity contribution in [2.45, 2.75) is 46.1 Å². The summed E-state index contributed by atoms with van der Waals surface area (Å²) in [7, 11) is 0. The molecule has 2 heterocycles. The van der Waals surface area contributed by atoms with Crippen molar-refractivity contribution in [3.05, 3.63) is 65.9 Å². The molecule has 0 unspecified atom stereocenters. The van der Waals surface area contributed by atoms with Crippen LogP contribution in [0.2, 0.25) is 0 Å². The van der Waals surface area contributed by atoms with Crippen LogP contribution in [-0.2, 0) is 14.3 Å². The summed E-state index contributed by atoms with van der Waals surface area (Å²) < 4.78 is 7.56. The summed E-state index contributed by atoms with van der Waals surface area (Å²) in [6.45, 7) is 6.99. The Bertz CT molecular complexity index is 1130. The highest BCUT2D eigenvalue weighted by molar-refractivity contribution is 5.93. The second-order valence-electron chi connectivity index (χ2n) is 8.83. The molecule has 1 fully saturated rings. The maximum Gasteiger partial charge on any atom is 0.246 e. The molecule has 4 rings (SSSR count). The normalized spacial score (nSPS) is 15.3. The Kier molecular flexibility index (Phi) is 7.43. The lowest BCUT2D eigenvalue weighted by molar-refractivity contribution is -0.135. The number of rotatable bonds is 8. The molecule has 34 heavy (non-hydrogen) atoms. The van der Waals surface area contributed by atoms with Crippen molar-refractivity contribution in [2.75, 3.05) is 25.0 Å². The smallest absolute Gasteiger partial charge is 0.246 e. The SMILES string of the molecule is CCC(=O)N(CC(=O)Nc1nc(-c2ccc(C)cc2)cn1-c1ccc(C)cc1)C[C@@H]1CCCO1. The molecule has 178 valence electrons. The molecule has 3 aromatic rings. The lowest BCUT2D eigenvalue weighted by Crippen LogP contribution is -2.42. The van der Waals surface area contributed by atoms with E-state index in [2.05, 4.69) is 5.32 Å². The van der Waals surface area contributed by atoms with E-state index in [-0.39, 0.29) is 24.5 Å². The summed E-state index contributed by atoms with van der Waals surface area (Å²) in [5, 5.41) is 2.94. The Hall–Kier alpha value is -3.45. The molecule has 1 saturated heterocycles. The second kappa shape index (κ2) is 10.7. The molecule has 0 radical (unpaired) electrons. The molecule has 0 bridgehead atoms. The zero-order valence-corrected chi connectivity index (χ0v) is 20.1. The van der Waals surface area contributed by atoms with Crippen LogP contribution in [0.15, 0.2) is 54.7 Å². The Morgan fingerprint density at radius 2 is 1.76 bits per heavy atom. The third-order valence-electron chi connectivity index (χ3n) is 6.05. The number of aromatic nitrogens is 2. The fourth-order valence-corrected chi connectivity index (χ4v) is 4.08. The van der Waals surface area contributed by atoms with E-state index in [1.807, 2.05) is 73.1 Å². The Balaban J connectivity index is 1.58. The zero-order chi connectivity index (χ0) is 24.1. The Morgan fingerprint density at radius 1 is 1.09 bits per heavy atom. The van der Waals surface area contributed by atoms with E-state index in [9.17, 15) is 9.59 Å². The van der Waals surface area contributed by atoms with Crippen LogP contribution in [0, 0.1) is 13.8 Å². The molecule has 1 atom stereocenters. The number of hydrogen-bond acceptors (Lipinski definition) is 4. The second-order valence-corrected chi connectivity index (χ2v) is 8.83. The molecule has 1 aliphatic heterocycles. The molecule has 0 aliphatic carbocycles. The van der Waals surface area contributed by atoms with Crippen LogP contribution in [0.5, 0.6) is 0 Å². The summed E-state index contributed by atoms with van der Waals surface area (Å²) in [4.78, 5) is 31.9. The van der Waals surface area contributed by atoms with Crippen LogP contribution in [0.4, 0.5) is 5.95 Å². The third-order valence-corrected chi connectivity index (χ3v) is 6.05. The van der Waals surface area contributed by atoms with Gasteiger partial charge in [0.05, 0.1) is 11.8 Å². The van der Waals surface area contributed by atoms with E-state index < -0.39 is 0 Å². The van der Waals surface area contributed by atoms with E-state index in [0.29, 0.717) is 25.5 Å². The average Bonchev–Trinajstić information content (AvgIpc) is 3.49. The van der Waals surface area contributed by atoms with Gasteiger partial charge in [0, 0.05) is 37.0 Å². The summed E-state index contributed by atoms with van der Waals surface area (Å²) in [6, 6.07) is 16.2. The van der Waals surface area contributed by atoms with Crippen molar-refractivity contribution in [1.82, 2.24) is 14.5 Å². The molecule has 2 aromatic carbocycles. The van der Waals surface area contributed by atoms with Crippen molar-refractivity contribution >= 4 is 17.8 Å². The number of anilines is 1. The van der Waals surface area contributed by atoms with Crippen molar-refractivity contribution < 1.29 is 14.3 Å². The standard InChI is InChI=1S/C27H32N4O3/c1-4-26(33)30(16-23-6-5-15-34-23)18-25(32)29-27-28-24(21-11-7-19(2)8-12-21)17-31(27)22-13-9-20(3)10-14-22/h7-14,17,23H,4-6,15-16,18H2,1-3H3,(H,28,29,32)/t23-/m0/s1. The maximum absolute atomic E-state index is 13.0. The molecule has 1 aliphatic rings. The largest absolute Gasteiger partial charge is 0.376 e. The van der Waals surface area contributed by atoms with Gasteiger partial charge in [-0.05, 0) is 38.8 Å². The van der Waals surface area contributed by atoms with E-state index in [0.717, 1.165) is 35.3 Å². The van der Waals surface area contributed by atoms with Gasteiger partial charge < -0.3 is 9.64 Å². The van der Waals surface area contributed by atoms with Crippen LogP contribution in [-0.4, -0.2) is 52.1 Å². The summed E-state index contributed by atoms with van der Waals surface area (Å²) in [6.07, 6.45) is 4.15. The number of aryl methyl sites for hydroxylation is 2. The van der Waals surface area contributed by atoms with Crippen molar-refractivity contribution in [3.63, 3.8) is 0 Å². The molecular weight excluding hydrogens is 428 g/mol. The predicted molar refractivity (Wildman–Crippen MR) is 133 cm³/mol. The van der Waals surface area contributed by atoms with Crippen molar-refractivity contribution in [2.24, 2.45) is 0 Å². The first kappa shape index (κ1) is 23.7. The van der Waals surface area contributed by atoms with Gasteiger partial charge in [0.15, 0.2) is 0 Å². The summed E-state index contributed by atoms with van der Waals surface area (Å²) in [5.74, 6) is 0.0764. The molecule has 2 amide bonds. The number of carbonyl (C=O) groups is 2. The minimum Gasteiger partial charge on any atom is -0.376 e. The van der Waals surface area contributed by atoms with Gasteiger partial charge in [-0.25, -0.2) is 4.98 Å². The minimum absolute atomic E-state index is 0.00835. The topological polar surface area (TPSA) is 76.5 Å². The van der Waals surface area contributed by atoms with E-state index in [4.69, 9.17) is 9.72 Å². The molecule has 7 nitrogen and oxygen atoms in total. The van der Waals surface area contributed by atoms with Crippen LogP contribution >= 0.6 is 0 Å². The highest BCUT2D eigenvalue weighted by Crippen LogP contribution is 2.25. The van der Waals surface area contributed by atoms with E-state index in [1.54, 1.807) is 11.8 Å². The number of imidazole rings is 1. The molecule has 0 saturated carbocycles. The highest BCUT2D eigenvalue weighted by Gasteiger charge is 2.24. The fraction of sp³-hybridized carbons (Fsp3) is 0.370. The van der Waals surface area contributed by atoms with Gasteiger partial charge >= 0.3 is 0 Å². The maximum atomic E-state index is 13.0. The summed E-state index contributed by atoms with van der Waals surface area (Å²) in [5.41, 5.74) is 4.94. The molecule has 7 heteroatoms. The van der Waals surface area contributed by atoms with Gasteiger partial charge in [0.25, 0.3) is 0 Å². The lowest BCUT2D eigenvalue weighted by atomic mass is 10.1. The number of nitrogens with one attached hydrogen (secondary N) is 1. The number of benzene rings is 2. The molecule has 0 spiro atoms. The zero-order valence-electron chi connectivity index (χ0n) is 20.1. The first-order valence-corrected chi connectivity index (χ1v) is 11.9. The fourth-order valence-electron chi connectivity index (χ4n) is 4.08. The number of nitrogens with zero attached hydrogens (tertiary/aromatic N) is 3. The van der Waals surface area contributed by atoms with Gasteiger partial charge in [0.2, 0.25) is 17.8 Å². The predicted octanol–water partition coefficient (Wildman–Crippen LogP) is 4.51. The number of ether oxygens (including phenoxy) is 1. The summed E-state index contributed by atoms with van der Waals surface area (Å²) >= 11 is 0. The van der Waals surface area contributed by atoms with Crippen LogP contribution < -0.4 is 5.32 Å². The average molecular weight is 461 g/mol. The minimum atomic E-state index is -0.283. The van der Waals surface area contributed by atoms with Crippen molar-refractivity contribution in [3.8, 4) is 16.9 Å². The Morgan fingerprint density at radius 3 is 2.38 bits per heavy atom. The molecular formula is C27H32N4O3. The van der Waals surface area contributed by atoms with E-state index in [1.165, 1.54) is 5.56 Å². The van der Waals surface area contributed by atoms with Crippen LogP contribution in [0.25, 0.3) is 16.9 Å². The number of carbonyl (C=O) groups excluding carboxylic acids is 2. The molecule has 1 N–H and O–H groups in total. The molecule has 1 aromatic heterocycles. The van der Waals surface area contributed by atoms with Gasteiger partial charge in [-0.3, -0.25) is 19.5 Å². The van der Waals surface area contributed by atoms with Gasteiger partial charge in [0.1, 0.15) is 6.54 Å². The van der Waals surface area contributed by atoms with Crippen LogP contribution in [0.1, 0.15) is 37.3 Å². The first-order chi connectivity index (χ1) is 16.4. The monoisotopic (exact) mass is 460 g/mol. The van der Waals surface area contributed by atoms with Gasteiger partial charge in [-0.1, -0.05) is 54.4 Å². The first-order valence-electron chi connectivity index (χ1n) is 11.9. The number of hydrogen-bond donors (Lipinski definition) is 1. The van der Waals surface area contributed by atoms with E-state index >= 15 is 0 Å². The quantitative estimate of drug-likeness (QED) is 0.537. The third kappa shape index (κ3) is 5.72. The lowest BCUT2D eigenvalue weighted by Gasteiger charge is -2.24. The Labute approximate surface area is 200 Å². The van der Waals surface area contributed by atoms with Crippen LogP contribution in [0.3, 0.4) is 0 Å². The van der Waals surface area contributed by atoms with Gasteiger partial charge in [-0.2, -0.15) is 0 Å². The van der Waals surface area contributed by atoms with Gasteiger partial charge in [-0.15, -0.1) is 0 Å². The van der Waals surface area contributed by atoms with Crippen molar-refractivity contribution in [1.29, 1.82) is 0 Å².